The Kier molecular flexibility index (Phi) is 3.46. The van der Waals surface area contributed by atoms with Gasteiger partial charge >= 0.3 is 12.1 Å². The first-order valence-corrected chi connectivity index (χ1v) is 8.17. The third-order valence-electron chi connectivity index (χ3n) is 5.00. The van der Waals surface area contributed by atoms with Gasteiger partial charge in [0.05, 0.1) is 11.3 Å². The van der Waals surface area contributed by atoms with Crippen molar-refractivity contribution in [3.8, 4) is 0 Å². The van der Waals surface area contributed by atoms with Gasteiger partial charge in [-0.05, 0) is 18.1 Å². The molecule has 2 fully saturated rings. The van der Waals surface area contributed by atoms with Gasteiger partial charge in [0.15, 0.2) is 0 Å². The summed E-state index contributed by atoms with van der Waals surface area (Å²) >= 11 is 4.48. The number of thiol groups is 1. The molecule has 4 atom stereocenters. The average Bonchev–Trinajstić information content (AvgIpc) is 2.97. The molecule has 1 unspecified atom stereocenters. The highest BCUT2D eigenvalue weighted by Gasteiger charge is 2.64. The number of carboxylic acid groups (broad SMARTS) is 2. The molecule has 4 rings (SSSR count). The molecule has 3 aliphatic heterocycles. The molecule has 0 bridgehead atoms. The first-order valence-electron chi connectivity index (χ1n) is 7.65. The second-order valence-corrected chi connectivity index (χ2v) is 6.75. The van der Waals surface area contributed by atoms with Crippen molar-refractivity contribution >= 4 is 30.6 Å². The molecular formula is C15H14N4O5S. The Hall–Kier alpha value is -2.62. The number of carbonyl (C=O) groups excluding carboxylic acids is 1. The van der Waals surface area contributed by atoms with Gasteiger partial charge in [-0.25, -0.2) is 19.6 Å². The van der Waals surface area contributed by atoms with E-state index in [1.807, 2.05) is 0 Å². The molecule has 130 valence electrons. The van der Waals surface area contributed by atoms with Crippen molar-refractivity contribution in [2.75, 3.05) is 6.54 Å². The molecule has 3 aliphatic rings. The molecule has 4 heterocycles. The van der Waals surface area contributed by atoms with Crippen molar-refractivity contribution in [2.45, 2.75) is 23.8 Å². The van der Waals surface area contributed by atoms with Crippen molar-refractivity contribution < 1.29 is 24.6 Å². The Morgan fingerprint density at radius 2 is 1.96 bits per heavy atom. The number of aliphatic carboxylic acids is 1. The van der Waals surface area contributed by atoms with E-state index in [0.29, 0.717) is 17.8 Å². The molecule has 0 saturated carbocycles. The third-order valence-corrected chi connectivity index (χ3v) is 5.54. The molecular weight excluding hydrogens is 348 g/mol. The van der Waals surface area contributed by atoms with E-state index in [1.165, 1.54) is 17.3 Å². The van der Waals surface area contributed by atoms with Gasteiger partial charge in [-0.1, -0.05) is 0 Å². The van der Waals surface area contributed by atoms with E-state index >= 15 is 0 Å². The minimum atomic E-state index is -1.23. The van der Waals surface area contributed by atoms with Gasteiger partial charge in [-0.2, -0.15) is 12.6 Å². The van der Waals surface area contributed by atoms with Crippen LogP contribution in [0.1, 0.15) is 17.5 Å². The minimum Gasteiger partial charge on any atom is -0.477 e. The summed E-state index contributed by atoms with van der Waals surface area (Å²) in [6, 6.07) is 0.430. The van der Waals surface area contributed by atoms with Gasteiger partial charge in [-0.15, -0.1) is 0 Å². The molecule has 9 nitrogen and oxygen atoms in total. The Labute approximate surface area is 147 Å². The SMILES string of the molecule is O=C(O)C1=C(C(S)c2ncccn2)C[C@@H]2CN(C(=O)O)[C@@H]3C(=O)N1[C@H]23. The Morgan fingerprint density at radius 1 is 1.28 bits per heavy atom. The highest BCUT2D eigenvalue weighted by Crippen LogP contribution is 2.50. The lowest BCUT2D eigenvalue weighted by molar-refractivity contribution is -0.156. The van der Waals surface area contributed by atoms with Gasteiger partial charge in [0.25, 0.3) is 5.91 Å². The van der Waals surface area contributed by atoms with Crippen molar-refractivity contribution in [3.63, 3.8) is 0 Å². The number of carboxylic acids is 1. The number of likely N-dealkylation sites (tertiary alicyclic amines) is 1. The van der Waals surface area contributed by atoms with Crippen LogP contribution in [0, 0.1) is 5.92 Å². The normalized spacial score (nSPS) is 28.5. The summed E-state index contributed by atoms with van der Waals surface area (Å²) in [6.07, 6.45) is 2.23. The lowest BCUT2D eigenvalue weighted by Crippen LogP contribution is -2.69. The summed E-state index contributed by atoms with van der Waals surface area (Å²) in [7, 11) is 0. The maximum Gasteiger partial charge on any atom is 0.408 e. The van der Waals surface area contributed by atoms with Crippen LogP contribution < -0.4 is 0 Å². The van der Waals surface area contributed by atoms with E-state index in [4.69, 9.17) is 0 Å². The maximum absolute atomic E-state index is 12.5. The molecule has 2 amide bonds. The predicted octanol–water partition coefficient (Wildman–Crippen LogP) is 0.379. The zero-order valence-corrected chi connectivity index (χ0v) is 13.7. The summed E-state index contributed by atoms with van der Waals surface area (Å²) in [4.78, 5) is 46.2. The van der Waals surface area contributed by atoms with Crippen LogP contribution in [0.4, 0.5) is 4.79 Å². The first kappa shape index (κ1) is 15.9. The van der Waals surface area contributed by atoms with Crippen LogP contribution >= 0.6 is 12.6 Å². The zero-order chi connectivity index (χ0) is 17.9. The van der Waals surface area contributed by atoms with Crippen molar-refractivity contribution in [3.05, 3.63) is 35.6 Å². The molecule has 1 aromatic heterocycles. The molecule has 2 saturated heterocycles. The predicted molar refractivity (Wildman–Crippen MR) is 85.7 cm³/mol. The van der Waals surface area contributed by atoms with Crippen molar-refractivity contribution in [1.29, 1.82) is 0 Å². The van der Waals surface area contributed by atoms with Gasteiger partial charge in [0.2, 0.25) is 0 Å². The van der Waals surface area contributed by atoms with E-state index in [2.05, 4.69) is 22.6 Å². The quantitative estimate of drug-likeness (QED) is 0.524. The number of amides is 2. The van der Waals surface area contributed by atoms with Crippen LogP contribution in [0.2, 0.25) is 0 Å². The Bertz CT molecular complexity index is 813. The molecule has 10 heteroatoms. The number of rotatable bonds is 3. The second-order valence-electron chi connectivity index (χ2n) is 6.23. The lowest BCUT2D eigenvalue weighted by Gasteiger charge is -2.49. The maximum atomic E-state index is 12.5. The molecule has 0 aliphatic carbocycles. The lowest BCUT2D eigenvalue weighted by atomic mass is 9.78. The molecule has 0 aromatic carbocycles. The monoisotopic (exact) mass is 362 g/mol. The van der Waals surface area contributed by atoms with Gasteiger partial charge in [-0.3, -0.25) is 14.6 Å². The largest absolute Gasteiger partial charge is 0.477 e. The van der Waals surface area contributed by atoms with E-state index in [1.54, 1.807) is 6.07 Å². The van der Waals surface area contributed by atoms with E-state index < -0.39 is 35.3 Å². The molecule has 1 aromatic rings. The van der Waals surface area contributed by atoms with Gasteiger partial charge < -0.3 is 10.2 Å². The first-order chi connectivity index (χ1) is 11.9. The minimum absolute atomic E-state index is 0.123. The Balaban J connectivity index is 1.76. The summed E-state index contributed by atoms with van der Waals surface area (Å²) in [5.41, 5.74) is 0.310. The third kappa shape index (κ3) is 2.13. The van der Waals surface area contributed by atoms with E-state index in [0.717, 1.165) is 4.90 Å². The van der Waals surface area contributed by atoms with Crippen molar-refractivity contribution in [1.82, 2.24) is 19.8 Å². The summed E-state index contributed by atoms with van der Waals surface area (Å²) in [6.45, 7) is 0.194. The van der Waals surface area contributed by atoms with Crippen LogP contribution in [0.15, 0.2) is 29.7 Å². The van der Waals surface area contributed by atoms with Gasteiger partial charge in [0, 0.05) is 24.9 Å². The number of hydrogen-bond acceptors (Lipinski definition) is 6. The standard InChI is InChI=1S/C15H14N4O5S/c20-13-10-8-6(5-18(10)15(23)24)4-7(9(14(21)22)19(8)13)11(25)12-16-2-1-3-17-12/h1-3,6,8,10-11,25H,4-5H2,(H,21,22)(H,23,24)/t6-,8-,10+,11?/m1/s1. The fourth-order valence-electron chi connectivity index (χ4n) is 4.02. The highest BCUT2D eigenvalue weighted by molar-refractivity contribution is 7.80. The zero-order valence-electron chi connectivity index (χ0n) is 12.8. The molecule has 25 heavy (non-hydrogen) atoms. The van der Waals surface area contributed by atoms with Gasteiger partial charge in [0.1, 0.15) is 17.6 Å². The van der Waals surface area contributed by atoms with Crippen LogP contribution in [-0.2, 0) is 9.59 Å². The number of carbonyl (C=O) groups is 3. The molecule has 0 radical (unpaired) electrons. The van der Waals surface area contributed by atoms with E-state index in [-0.39, 0.29) is 18.2 Å². The number of nitrogens with zero attached hydrogens (tertiary/aromatic N) is 4. The fraction of sp³-hybridized carbons (Fsp3) is 0.400. The van der Waals surface area contributed by atoms with E-state index in [9.17, 15) is 24.6 Å². The molecule has 2 N–H and O–H groups in total. The smallest absolute Gasteiger partial charge is 0.408 e. The fourth-order valence-corrected chi connectivity index (χ4v) is 4.38. The highest BCUT2D eigenvalue weighted by atomic mass is 32.1. The van der Waals surface area contributed by atoms with Crippen molar-refractivity contribution in [2.24, 2.45) is 5.92 Å². The number of hydrogen-bond donors (Lipinski definition) is 3. The topological polar surface area (TPSA) is 124 Å². The van der Waals surface area contributed by atoms with Crippen LogP contribution in [0.3, 0.4) is 0 Å². The summed E-state index contributed by atoms with van der Waals surface area (Å²) in [5, 5.41) is 18.3. The summed E-state index contributed by atoms with van der Waals surface area (Å²) in [5.74, 6) is -1.55. The summed E-state index contributed by atoms with van der Waals surface area (Å²) < 4.78 is 0. The second kappa shape index (κ2) is 5.45. The average molecular weight is 362 g/mol. The Morgan fingerprint density at radius 3 is 2.56 bits per heavy atom. The molecule has 0 spiro atoms. The number of β-lactam (4-membered cyclic amide) rings is 1. The van der Waals surface area contributed by atoms with Crippen LogP contribution in [-0.4, -0.2) is 66.6 Å². The number of aromatic nitrogens is 2. The van der Waals surface area contributed by atoms with Crippen LogP contribution in [0.5, 0.6) is 0 Å². The van der Waals surface area contributed by atoms with Crippen LogP contribution in [0.25, 0.3) is 0 Å².